The van der Waals surface area contributed by atoms with Gasteiger partial charge in [0, 0.05) is 21.5 Å². The molecule has 0 fully saturated rings. The van der Waals surface area contributed by atoms with Gasteiger partial charge in [0.25, 0.3) is 0 Å². The average Bonchev–Trinajstić information content (AvgIpc) is 2.82. The van der Waals surface area contributed by atoms with Crippen LogP contribution >= 0.6 is 0 Å². The summed E-state index contributed by atoms with van der Waals surface area (Å²) in [6, 6.07) is 24.1. The highest BCUT2D eigenvalue weighted by Gasteiger charge is 2.21. The van der Waals surface area contributed by atoms with Crippen molar-refractivity contribution in [3.05, 3.63) is 83.9 Å². The standard InChI is InChI=1S/C27H19NO3/c1-2-16-11-13-17(14-12-16)31-27-21-10-6-5-9-20(21)25(29)23-22(15-28)18-7-3-4-8-19(18)26(30)24(23)27/h3-14,29-30H,2H2,1H3/p-1. The number of rotatable bonds is 3. The Labute approximate surface area is 179 Å². The van der Waals surface area contributed by atoms with Crippen LogP contribution in [-0.4, -0.2) is 5.11 Å². The number of ether oxygens (including phenoxy) is 1. The number of nitriles is 1. The lowest BCUT2D eigenvalue weighted by atomic mass is 9.92. The minimum absolute atomic E-state index is 0.0846. The molecular weight excluding hydrogens is 386 g/mol. The van der Waals surface area contributed by atoms with E-state index in [0.29, 0.717) is 33.0 Å². The van der Waals surface area contributed by atoms with Crippen molar-refractivity contribution in [2.45, 2.75) is 13.3 Å². The molecule has 150 valence electrons. The van der Waals surface area contributed by atoms with E-state index in [4.69, 9.17) is 4.74 Å². The van der Waals surface area contributed by atoms with Gasteiger partial charge in [-0.3, -0.25) is 0 Å². The van der Waals surface area contributed by atoms with Gasteiger partial charge in [-0.25, -0.2) is 0 Å². The van der Waals surface area contributed by atoms with Crippen molar-refractivity contribution in [1.29, 1.82) is 5.26 Å². The van der Waals surface area contributed by atoms with Crippen LogP contribution in [0.5, 0.6) is 23.0 Å². The number of benzene rings is 5. The van der Waals surface area contributed by atoms with E-state index >= 15 is 0 Å². The van der Waals surface area contributed by atoms with Crippen LogP contribution in [-0.2, 0) is 6.42 Å². The molecule has 31 heavy (non-hydrogen) atoms. The molecule has 0 radical (unpaired) electrons. The van der Waals surface area contributed by atoms with Gasteiger partial charge in [-0.2, -0.15) is 5.26 Å². The van der Waals surface area contributed by atoms with Crippen LogP contribution in [0.15, 0.2) is 72.8 Å². The second-order valence-corrected chi connectivity index (χ2v) is 7.43. The summed E-state index contributed by atoms with van der Waals surface area (Å²) in [5, 5.41) is 37.2. The third kappa shape index (κ3) is 2.83. The molecule has 0 heterocycles. The van der Waals surface area contributed by atoms with Crippen molar-refractivity contribution in [3.8, 4) is 29.1 Å². The highest BCUT2D eigenvalue weighted by molar-refractivity contribution is 6.20. The summed E-state index contributed by atoms with van der Waals surface area (Å²) in [5.74, 6) is 0.574. The molecule has 0 aliphatic carbocycles. The molecule has 1 N–H and O–H groups in total. The smallest absolute Gasteiger partial charge is 0.142 e. The molecule has 0 aliphatic rings. The van der Waals surface area contributed by atoms with Crippen LogP contribution < -0.4 is 9.84 Å². The predicted octanol–water partition coefficient (Wildman–Crippen LogP) is 6.15. The van der Waals surface area contributed by atoms with E-state index in [1.54, 1.807) is 36.4 Å². The van der Waals surface area contributed by atoms with Crippen LogP contribution in [0.4, 0.5) is 0 Å². The lowest BCUT2D eigenvalue weighted by Crippen LogP contribution is -1.99. The Bertz CT molecular complexity index is 1510. The Morgan fingerprint density at radius 1 is 0.839 bits per heavy atom. The van der Waals surface area contributed by atoms with E-state index in [0.717, 1.165) is 6.42 Å². The first kappa shape index (κ1) is 18.8. The van der Waals surface area contributed by atoms with E-state index in [2.05, 4.69) is 13.0 Å². The fourth-order valence-corrected chi connectivity index (χ4v) is 4.15. The highest BCUT2D eigenvalue weighted by Crippen LogP contribution is 2.50. The summed E-state index contributed by atoms with van der Waals surface area (Å²) in [7, 11) is 0. The molecule has 0 spiro atoms. The SMILES string of the molecule is CCc1ccc(Oc2c3ccccc3c(O)c3c(C#N)c4ccccc4c([O-])c23)cc1. The van der Waals surface area contributed by atoms with Gasteiger partial charge in [0.1, 0.15) is 23.3 Å². The number of nitrogens with zero attached hydrogens (tertiary/aromatic N) is 1. The fraction of sp³-hybridized carbons (Fsp3) is 0.0741. The molecule has 5 rings (SSSR count). The third-order valence-corrected chi connectivity index (χ3v) is 5.72. The Morgan fingerprint density at radius 3 is 2.10 bits per heavy atom. The largest absolute Gasteiger partial charge is 0.872 e. The number of aryl methyl sites for hydroxylation is 1. The van der Waals surface area contributed by atoms with Crippen molar-refractivity contribution < 1.29 is 14.9 Å². The van der Waals surface area contributed by atoms with Gasteiger partial charge in [0.15, 0.2) is 0 Å². The molecule has 5 aromatic carbocycles. The summed E-state index contributed by atoms with van der Waals surface area (Å²) in [4.78, 5) is 0. The second-order valence-electron chi connectivity index (χ2n) is 7.43. The van der Waals surface area contributed by atoms with Gasteiger partial charge in [-0.15, -0.1) is 0 Å². The van der Waals surface area contributed by atoms with Gasteiger partial charge in [0.2, 0.25) is 0 Å². The molecular formula is C27H18NO3-. The second kappa shape index (κ2) is 7.23. The first-order valence-corrected chi connectivity index (χ1v) is 10.1. The Morgan fingerprint density at radius 2 is 1.45 bits per heavy atom. The molecule has 0 bridgehead atoms. The van der Waals surface area contributed by atoms with Crippen LogP contribution in [0, 0.1) is 11.3 Å². The Hall–Kier alpha value is -4.23. The molecule has 0 amide bonds. The minimum Gasteiger partial charge on any atom is -0.872 e. The molecule has 4 nitrogen and oxygen atoms in total. The maximum Gasteiger partial charge on any atom is 0.142 e. The molecule has 0 aliphatic heterocycles. The summed E-state index contributed by atoms with van der Waals surface area (Å²) in [5.41, 5.74) is 1.44. The third-order valence-electron chi connectivity index (χ3n) is 5.72. The van der Waals surface area contributed by atoms with Crippen LogP contribution in [0.2, 0.25) is 0 Å². The van der Waals surface area contributed by atoms with Crippen molar-refractivity contribution in [1.82, 2.24) is 0 Å². The zero-order valence-corrected chi connectivity index (χ0v) is 16.8. The topological polar surface area (TPSA) is 76.3 Å². The molecule has 4 heteroatoms. The molecule has 0 atom stereocenters. The number of aromatic hydroxyl groups is 1. The summed E-state index contributed by atoms with van der Waals surface area (Å²) < 4.78 is 6.27. The van der Waals surface area contributed by atoms with Gasteiger partial charge < -0.3 is 14.9 Å². The van der Waals surface area contributed by atoms with Gasteiger partial charge in [-0.05, 0) is 34.9 Å². The summed E-state index contributed by atoms with van der Waals surface area (Å²) in [6.45, 7) is 2.08. The van der Waals surface area contributed by atoms with Crippen molar-refractivity contribution in [2.75, 3.05) is 0 Å². The molecule has 0 unspecified atom stereocenters. The van der Waals surface area contributed by atoms with Crippen LogP contribution in [0.3, 0.4) is 0 Å². The first-order chi connectivity index (χ1) is 15.1. The van der Waals surface area contributed by atoms with E-state index in [1.807, 2.05) is 36.4 Å². The zero-order chi connectivity index (χ0) is 21.5. The minimum atomic E-state index is -0.272. The van der Waals surface area contributed by atoms with Crippen molar-refractivity contribution >= 4 is 32.3 Å². The number of hydrogen-bond donors (Lipinski definition) is 1. The Balaban J connectivity index is 1.95. The van der Waals surface area contributed by atoms with Gasteiger partial charge in [-0.1, -0.05) is 73.3 Å². The summed E-state index contributed by atoms with van der Waals surface area (Å²) in [6.07, 6.45) is 0.910. The number of phenolic OH excluding ortho intramolecular Hbond substituents is 1. The average molecular weight is 404 g/mol. The first-order valence-electron chi connectivity index (χ1n) is 10.1. The maximum atomic E-state index is 13.6. The van der Waals surface area contributed by atoms with Crippen molar-refractivity contribution in [2.24, 2.45) is 0 Å². The van der Waals surface area contributed by atoms with Crippen LogP contribution in [0.25, 0.3) is 32.3 Å². The van der Waals surface area contributed by atoms with Crippen molar-refractivity contribution in [3.63, 3.8) is 0 Å². The quantitative estimate of drug-likeness (QED) is 0.366. The number of phenols is 1. The molecule has 5 aromatic rings. The molecule has 0 aromatic heterocycles. The highest BCUT2D eigenvalue weighted by atomic mass is 16.5. The fourth-order valence-electron chi connectivity index (χ4n) is 4.15. The molecule has 0 saturated carbocycles. The Kier molecular flexibility index (Phi) is 4.38. The van der Waals surface area contributed by atoms with Crippen LogP contribution in [0.1, 0.15) is 18.1 Å². The lowest BCUT2D eigenvalue weighted by molar-refractivity contribution is -0.263. The van der Waals surface area contributed by atoms with E-state index in [1.165, 1.54) is 5.56 Å². The number of fused-ring (bicyclic) bond motifs is 3. The van der Waals surface area contributed by atoms with E-state index in [9.17, 15) is 15.5 Å². The van der Waals surface area contributed by atoms with Gasteiger partial charge in [0.05, 0.1) is 5.56 Å². The normalized spacial score (nSPS) is 11.1. The zero-order valence-electron chi connectivity index (χ0n) is 16.8. The summed E-state index contributed by atoms with van der Waals surface area (Å²) >= 11 is 0. The van der Waals surface area contributed by atoms with E-state index < -0.39 is 0 Å². The van der Waals surface area contributed by atoms with E-state index in [-0.39, 0.29) is 27.8 Å². The monoisotopic (exact) mass is 404 g/mol. The van der Waals surface area contributed by atoms with Gasteiger partial charge >= 0.3 is 0 Å². The predicted molar refractivity (Wildman–Crippen MR) is 121 cm³/mol. The lowest BCUT2D eigenvalue weighted by Gasteiger charge is -2.22. The molecule has 0 saturated heterocycles. The maximum absolute atomic E-state index is 13.6. The number of hydrogen-bond acceptors (Lipinski definition) is 4.